The first-order chi connectivity index (χ1) is 13.4. The number of rotatable bonds is 3. The molecule has 0 bridgehead atoms. The second kappa shape index (κ2) is 7.51. The van der Waals surface area contributed by atoms with E-state index in [4.69, 9.17) is 4.74 Å². The van der Waals surface area contributed by atoms with Crippen molar-refractivity contribution in [3.8, 4) is 0 Å². The molecule has 0 saturated heterocycles. The molecule has 4 nitrogen and oxygen atoms in total. The van der Waals surface area contributed by atoms with E-state index in [0.29, 0.717) is 12.0 Å². The Kier molecular flexibility index (Phi) is 5.21. The molecule has 2 heterocycles. The van der Waals surface area contributed by atoms with E-state index in [1.807, 2.05) is 18.4 Å². The van der Waals surface area contributed by atoms with E-state index in [-0.39, 0.29) is 29.2 Å². The molecule has 1 aliphatic heterocycles. The van der Waals surface area contributed by atoms with Gasteiger partial charge in [0.25, 0.3) is 0 Å². The average molecular weight is 400 g/mol. The molecule has 3 aliphatic rings. The number of allylic oxidation sites excluding steroid dienone is 3. The number of thiophene rings is 1. The molecule has 1 atom stereocenters. The summed E-state index contributed by atoms with van der Waals surface area (Å²) in [6.07, 6.45) is 6.66. The molecule has 1 aromatic rings. The van der Waals surface area contributed by atoms with Crippen molar-refractivity contribution in [3.63, 3.8) is 0 Å². The van der Waals surface area contributed by atoms with Crippen LogP contribution in [-0.4, -0.2) is 17.9 Å². The smallest absolute Gasteiger partial charge is 0.337 e. The van der Waals surface area contributed by atoms with Crippen molar-refractivity contribution in [3.05, 3.63) is 44.9 Å². The third-order valence-corrected chi connectivity index (χ3v) is 6.86. The van der Waals surface area contributed by atoms with Gasteiger partial charge in [0, 0.05) is 29.3 Å². The summed E-state index contributed by atoms with van der Waals surface area (Å²) in [7, 11) is 0. The normalized spacial score (nSPS) is 25.4. The Labute approximate surface area is 171 Å². The number of dihydropyridines is 1. The van der Waals surface area contributed by atoms with Crippen molar-refractivity contribution in [2.75, 3.05) is 0 Å². The Morgan fingerprint density at radius 1 is 1.21 bits per heavy atom. The first-order valence-corrected chi connectivity index (χ1v) is 11.3. The highest BCUT2D eigenvalue weighted by Crippen LogP contribution is 2.47. The molecule has 4 rings (SSSR count). The SMILES string of the molecule is CC1=C(C(=O)OC2CCCCC2)[C@@H](c2ccsc2)C2=C(CC(C)(C)CC2=O)N1. The van der Waals surface area contributed by atoms with Gasteiger partial charge in [-0.3, -0.25) is 4.79 Å². The summed E-state index contributed by atoms with van der Waals surface area (Å²) in [6, 6.07) is 2.03. The van der Waals surface area contributed by atoms with E-state index in [1.165, 1.54) is 6.42 Å². The number of esters is 1. The molecular formula is C23H29NO3S. The monoisotopic (exact) mass is 399 g/mol. The van der Waals surface area contributed by atoms with Gasteiger partial charge >= 0.3 is 5.97 Å². The molecule has 150 valence electrons. The van der Waals surface area contributed by atoms with Crippen LogP contribution < -0.4 is 5.32 Å². The second-order valence-electron chi connectivity index (χ2n) is 9.15. The fraction of sp³-hybridized carbons (Fsp3) is 0.565. The highest BCUT2D eigenvalue weighted by atomic mass is 32.1. The maximum absolute atomic E-state index is 13.2. The summed E-state index contributed by atoms with van der Waals surface area (Å²) in [5.41, 5.74) is 4.12. The minimum Gasteiger partial charge on any atom is -0.459 e. The molecule has 1 N–H and O–H groups in total. The van der Waals surface area contributed by atoms with Crippen LogP contribution in [0, 0.1) is 5.41 Å². The predicted octanol–water partition coefficient (Wildman–Crippen LogP) is 5.23. The summed E-state index contributed by atoms with van der Waals surface area (Å²) in [6.45, 7) is 6.19. The van der Waals surface area contributed by atoms with Crippen LogP contribution in [0.1, 0.15) is 77.2 Å². The number of carbonyl (C=O) groups is 2. The van der Waals surface area contributed by atoms with Crippen molar-refractivity contribution in [2.24, 2.45) is 5.41 Å². The van der Waals surface area contributed by atoms with Crippen LogP contribution in [0.5, 0.6) is 0 Å². The van der Waals surface area contributed by atoms with Gasteiger partial charge < -0.3 is 10.1 Å². The fourth-order valence-electron chi connectivity index (χ4n) is 4.88. The molecule has 0 amide bonds. The molecule has 0 spiro atoms. The summed E-state index contributed by atoms with van der Waals surface area (Å²) in [5, 5.41) is 7.46. The molecule has 2 aliphatic carbocycles. The van der Waals surface area contributed by atoms with E-state index in [0.717, 1.165) is 54.6 Å². The summed E-state index contributed by atoms with van der Waals surface area (Å²) in [5.74, 6) is -0.440. The van der Waals surface area contributed by atoms with Gasteiger partial charge in [0.1, 0.15) is 6.10 Å². The zero-order valence-corrected chi connectivity index (χ0v) is 17.8. The highest BCUT2D eigenvalue weighted by molar-refractivity contribution is 7.08. The molecule has 0 unspecified atom stereocenters. The zero-order valence-electron chi connectivity index (χ0n) is 17.0. The third kappa shape index (κ3) is 3.69. The Morgan fingerprint density at radius 3 is 2.64 bits per heavy atom. The van der Waals surface area contributed by atoms with Crippen LogP contribution in [0.4, 0.5) is 0 Å². The predicted molar refractivity (Wildman–Crippen MR) is 111 cm³/mol. The van der Waals surface area contributed by atoms with Gasteiger partial charge in [-0.2, -0.15) is 11.3 Å². The lowest BCUT2D eigenvalue weighted by Crippen LogP contribution is -2.39. The lowest BCUT2D eigenvalue weighted by atomic mass is 9.69. The van der Waals surface area contributed by atoms with Crippen molar-refractivity contribution in [2.45, 2.75) is 77.7 Å². The number of carbonyl (C=O) groups excluding carboxylic acids is 2. The van der Waals surface area contributed by atoms with Crippen LogP contribution in [0.3, 0.4) is 0 Å². The van der Waals surface area contributed by atoms with Crippen LogP contribution in [0.2, 0.25) is 0 Å². The lowest BCUT2D eigenvalue weighted by Gasteiger charge is -2.39. The van der Waals surface area contributed by atoms with Gasteiger partial charge in [0.2, 0.25) is 0 Å². The van der Waals surface area contributed by atoms with Gasteiger partial charge in [-0.1, -0.05) is 20.3 Å². The van der Waals surface area contributed by atoms with Gasteiger partial charge in [0.15, 0.2) is 5.78 Å². The van der Waals surface area contributed by atoms with Crippen molar-refractivity contribution >= 4 is 23.1 Å². The summed E-state index contributed by atoms with van der Waals surface area (Å²) in [4.78, 5) is 26.4. The zero-order chi connectivity index (χ0) is 19.9. The van der Waals surface area contributed by atoms with Gasteiger partial charge in [-0.25, -0.2) is 4.79 Å². The Balaban J connectivity index is 1.71. The first kappa shape index (κ1) is 19.4. The largest absolute Gasteiger partial charge is 0.459 e. The maximum atomic E-state index is 13.2. The minimum absolute atomic E-state index is 0.000965. The van der Waals surface area contributed by atoms with Gasteiger partial charge in [0.05, 0.1) is 5.57 Å². The van der Waals surface area contributed by atoms with Crippen LogP contribution >= 0.6 is 11.3 Å². The quantitative estimate of drug-likeness (QED) is 0.707. The molecule has 1 aromatic heterocycles. The van der Waals surface area contributed by atoms with Crippen LogP contribution in [0.15, 0.2) is 39.4 Å². The van der Waals surface area contributed by atoms with E-state index in [1.54, 1.807) is 11.3 Å². The minimum atomic E-state index is -0.317. The second-order valence-corrected chi connectivity index (χ2v) is 9.93. The Bertz CT molecular complexity index is 841. The van der Waals surface area contributed by atoms with Crippen LogP contribution in [-0.2, 0) is 14.3 Å². The maximum Gasteiger partial charge on any atom is 0.337 e. The number of ether oxygens (including phenoxy) is 1. The molecular weight excluding hydrogens is 370 g/mol. The van der Waals surface area contributed by atoms with E-state index in [9.17, 15) is 9.59 Å². The van der Waals surface area contributed by atoms with E-state index < -0.39 is 0 Å². The standard InChI is InChI=1S/C23H29NO3S/c1-14-19(22(26)27-16-7-5-4-6-8-16)20(15-9-10-28-13-15)21-17(24-14)11-23(2,3)12-18(21)25/h9-10,13,16,20,24H,4-8,11-12H2,1-3H3/t20-/m1/s1. The number of hydrogen-bond donors (Lipinski definition) is 1. The van der Waals surface area contributed by atoms with Crippen molar-refractivity contribution in [1.82, 2.24) is 5.32 Å². The average Bonchev–Trinajstić information content (AvgIpc) is 3.14. The number of nitrogens with one attached hydrogen (secondary N) is 1. The van der Waals surface area contributed by atoms with E-state index in [2.05, 4.69) is 24.5 Å². The molecule has 1 saturated carbocycles. The molecule has 1 fully saturated rings. The van der Waals surface area contributed by atoms with Gasteiger partial charge in [-0.05, 0) is 66.8 Å². The topological polar surface area (TPSA) is 55.4 Å². The summed E-state index contributed by atoms with van der Waals surface area (Å²) >= 11 is 1.60. The number of Topliss-reactive ketones (excluding diaryl/α,β-unsaturated/α-hetero) is 1. The molecule has 0 radical (unpaired) electrons. The number of ketones is 1. The summed E-state index contributed by atoms with van der Waals surface area (Å²) < 4.78 is 5.92. The van der Waals surface area contributed by atoms with Crippen molar-refractivity contribution < 1.29 is 14.3 Å². The molecule has 28 heavy (non-hydrogen) atoms. The van der Waals surface area contributed by atoms with Crippen molar-refractivity contribution in [1.29, 1.82) is 0 Å². The molecule has 5 heteroatoms. The molecule has 0 aromatic carbocycles. The van der Waals surface area contributed by atoms with Gasteiger partial charge in [-0.15, -0.1) is 0 Å². The third-order valence-electron chi connectivity index (χ3n) is 6.16. The lowest BCUT2D eigenvalue weighted by molar-refractivity contribution is -0.146. The fourth-order valence-corrected chi connectivity index (χ4v) is 5.56. The van der Waals surface area contributed by atoms with Crippen LogP contribution in [0.25, 0.3) is 0 Å². The number of hydrogen-bond acceptors (Lipinski definition) is 5. The highest BCUT2D eigenvalue weighted by Gasteiger charge is 2.43. The van der Waals surface area contributed by atoms with E-state index >= 15 is 0 Å². The first-order valence-electron chi connectivity index (χ1n) is 10.3. The Hall–Kier alpha value is -1.88. The Morgan fingerprint density at radius 2 is 1.96 bits per heavy atom.